The van der Waals surface area contributed by atoms with Crippen LogP contribution in [0.3, 0.4) is 0 Å². The standard InChI is InChI=1S/C40H19F5N4.C35H19N5/c1-46-27-20-28-40(49-38(22-14-6-3-7-15-22)37(48-28)21-12-4-2-5-13-21)31-29(27)25-18-10-11-19-26(25)47-39(31)24-17-9-8-16-23(24)30-32(41)34(43)36(45)35(44)33(30)42;1-37-28-20-29-35(40-33(23-14-6-3-7-15-23)32(39-29)22-12-4-2-5-13-22)31-30(28)26-18-10-11-19-27(26)38-34(31)25-17-9-8-16-24(25)21-36/h2-20H;2-20H. The summed E-state index contributed by atoms with van der Waals surface area (Å²) in [4.78, 5) is 38.4. The third-order valence-corrected chi connectivity index (χ3v) is 15.6. The first-order chi connectivity index (χ1) is 43.6. The highest BCUT2D eigenvalue weighted by Crippen LogP contribution is 2.48. The van der Waals surface area contributed by atoms with Crippen LogP contribution in [0.1, 0.15) is 5.56 Å². The average molecular weight is 1160 g/mol. The van der Waals surface area contributed by atoms with Gasteiger partial charge in [0.25, 0.3) is 0 Å². The molecule has 0 radical (unpaired) electrons. The van der Waals surface area contributed by atoms with Crippen molar-refractivity contribution in [2.75, 3.05) is 0 Å². The second-order valence-electron chi connectivity index (χ2n) is 20.7. The Bertz CT molecular complexity index is 5510. The van der Waals surface area contributed by atoms with E-state index in [0.717, 1.165) is 49.9 Å². The highest BCUT2D eigenvalue weighted by molar-refractivity contribution is 6.26. The van der Waals surface area contributed by atoms with Crippen LogP contribution in [0.5, 0.6) is 0 Å². The highest BCUT2D eigenvalue weighted by atomic mass is 19.2. The highest BCUT2D eigenvalue weighted by Gasteiger charge is 2.30. The molecule has 0 aliphatic rings. The molecule has 0 aliphatic heterocycles. The zero-order chi connectivity index (χ0) is 60.9. The maximum absolute atomic E-state index is 15.4. The molecule has 418 valence electrons. The van der Waals surface area contributed by atoms with E-state index >= 15 is 8.78 Å². The first-order valence-electron chi connectivity index (χ1n) is 27.9. The second kappa shape index (κ2) is 22.5. The van der Waals surface area contributed by atoms with Crippen LogP contribution in [0.25, 0.3) is 154 Å². The number of aromatic nitrogens is 6. The van der Waals surface area contributed by atoms with E-state index in [-0.39, 0.29) is 22.5 Å². The number of rotatable bonds is 7. The third kappa shape index (κ3) is 9.31. The van der Waals surface area contributed by atoms with Crippen LogP contribution < -0.4 is 0 Å². The van der Waals surface area contributed by atoms with Gasteiger partial charge >= 0.3 is 0 Å². The molecule has 0 spiro atoms. The molecule has 0 bridgehead atoms. The Morgan fingerprint density at radius 1 is 0.315 bits per heavy atom. The van der Waals surface area contributed by atoms with Crippen molar-refractivity contribution in [1.29, 1.82) is 5.26 Å². The Morgan fingerprint density at radius 3 is 1.06 bits per heavy atom. The lowest BCUT2D eigenvalue weighted by Crippen LogP contribution is -2.05. The molecule has 0 N–H and O–H groups in total. The van der Waals surface area contributed by atoms with Crippen molar-refractivity contribution in [2.45, 2.75) is 0 Å². The van der Waals surface area contributed by atoms with Gasteiger partial charge in [0, 0.05) is 54.9 Å². The van der Waals surface area contributed by atoms with E-state index in [1.165, 1.54) is 18.2 Å². The Kier molecular flexibility index (Phi) is 13.8. The van der Waals surface area contributed by atoms with E-state index in [1.54, 1.807) is 42.5 Å². The molecule has 0 saturated heterocycles. The SMILES string of the molecule is [C-]#[N+]c1cc2nc(-c3ccccc3)c(-c3ccccc3)nc2c2c(-c3ccccc3-c3c(F)c(F)c(F)c(F)c3F)nc3ccccc3c12.[C-]#[N+]c1cc2nc(-c3ccccc3)c(-c3ccccc3)nc2c2c(-c3ccccc3C#N)nc3ccccc3c12. The van der Waals surface area contributed by atoms with Gasteiger partial charge in [-0.2, -0.15) is 5.26 Å². The van der Waals surface area contributed by atoms with Crippen molar-refractivity contribution in [3.8, 4) is 84.7 Å². The summed E-state index contributed by atoms with van der Waals surface area (Å²) in [5, 5.41) is 13.7. The Labute approximate surface area is 504 Å². The van der Waals surface area contributed by atoms with Crippen molar-refractivity contribution in [3.05, 3.63) is 288 Å². The molecular weight excluding hydrogens is 1120 g/mol. The predicted molar refractivity (Wildman–Crippen MR) is 340 cm³/mol. The van der Waals surface area contributed by atoms with Gasteiger partial charge < -0.3 is 0 Å². The molecule has 0 saturated carbocycles. The number of hydrogen-bond acceptors (Lipinski definition) is 7. The van der Waals surface area contributed by atoms with E-state index in [0.29, 0.717) is 83.0 Å². The zero-order valence-electron chi connectivity index (χ0n) is 46.4. The molecule has 9 nitrogen and oxygen atoms in total. The van der Waals surface area contributed by atoms with Crippen molar-refractivity contribution in [2.24, 2.45) is 0 Å². The number of pyridine rings is 2. The zero-order valence-corrected chi connectivity index (χ0v) is 46.4. The Balaban J connectivity index is 0.000000159. The van der Waals surface area contributed by atoms with Gasteiger partial charge in [-0.1, -0.05) is 200 Å². The number of fused-ring (bicyclic) bond motifs is 10. The smallest absolute Gasteiger partial charge is 0.200 e. The normalized spacial score (nSPS) is 11.2. The summed E-state index contributed by atoms with van der Waals surface area (Å²) in [5.41, 5.74) is 10.4. The van der Waals surface area contributed by atoms with Gasteiger partial charge in [-0.25, -0.2) is 61.5 Å². The van der Waals surface area contributed by atoms with Crippen LogP contribution in [0.2, 0.25) is 0 Å². The minimum absolute atomic E-state index is 0.0695. The lowest BCUT2D eigenvalue weighted by molar-refractivity contribution is 0.381. The lowest BCUT2D eigenvalue weighted by Gasteiger charge is -2.18. The van der Waals surface area contributed by atoms with Crippen LogP contribution >= 0.6 is 0 Å². The number of nitrogens with zero attached hydrogens (tertiary/aromatic N) is 9. The summed E-state index contributed by atoms with van der Waals surface area (Å²) >= 11 is 0. The lowest BCUT2D eigenvalue weighted by atomic mass is 9.91. The van der Waals surface area contributed by atoms with Crippen molar-refractivity contribution in [3.63, 3.8) is 0 Å². The van der Waals surface area contributed by atoms with E-state index in [2.05, 4.69) is 15.8 Å². The third-order valence-electron chi connectivity index (χ3n) is 15.6. The van der Waals surface area contributed by atoms with Gasteiger partial charge in [-0.3, -0.25) is 0 Å². The first-order valence-corrected chi connectivity index (χ1v) is 27.9. The Morgan fingerprint density at radius 2 is 0.640 bits per heavy atom. The fourth-order valence-electron chi connectivity index (χ4n) is 11.6. The molecule has 4 aromatic heterocycles. The second-order valence-corrected chi connectivity index (χ2v) is 20.7. The summed E-state index contributed by atoms with van der Waals surface area (Å²) < 4.78 is 74.0. The fraction of sp³-hybridized carbons (Fsp3) is 0. The number of halogens is 5. The quantitative estimate of drug-likeness (QED) is 0.0514. The molecule has 15 rings (SSSR count). The average Bonchev–Trinajstić information content (AvgIpc) is 0.800. The predicted octanol–water partition coefficient (Wildman–Crippen LogP) is 20.0. The van der Waals surface area contributed by atoms with E-state index in [9.17, 15) is 18.4 Å². The molecule has 0 unspecified atom stereocenters. The summed E-state index contributed by atoms with van der Waals surface area (Å²) in [6, 6.07) is 72.7. The molecular formula is C75H38F5N9. The molecule has 15 aromatic rings. The van der Waals surface area contributed by atoms with Gasteiger partial charge in [-0.15, -0.1) is 0 Å². The van der Waals surface area contributed by atoms with Crippen LogP contribution in [0, 0.1) is 53.6 Å². The number of nitriles is 1. The summed E-state index contributed by atoms with van der Waals surface area (Å²) in [6.45, 7) is 16.3. The topological polar surface area (TPSA) is 110 Å². The largest absolute Gasteiger partial charge is 0.247 e. The van der Waals surface area contributed by atoms with Gasteiger partial charge in [0.2, 0.25) is 5.82 Å². The fourth-order valence-corrected chi connectivity index (χ4v) is 11.6. The first kappa shape index (κ1) is 54.5. The minimum atomic E-state index is -2.25. The maximum Gasteiger partial charge on any atom is 0.200 e. The summed E-state index contributed by atoms with van der Waals surface area (Å²) in [7, 11) is 0. The molecule has 11 aromatic carbocycles. The maximum atomic E-state index is 15.4. The van der Waals surface area contributed by atoms with Crippen LogP contribution in [0.15, 0.2) is 231 Å². The van der Waals surface area contributed by atoms with Gasteiger partial charge in [0.1, 0.15) is 0 Å². The van der Waals surface area contributed by atoms with Gasteiger partial charge in [0.15, 0.2) is 34.6 Å². The Hall–Kier alpha value is -12.4. The van der Waals surface area contributed by atoms with Crippen LogP contribution in [0.4, 0.5) is 33.3 Å². The monoisotopic (exact) mass is 1160 g/mol. The van der Waals surface area contributed by atoms with Gasteiger partial charge in [0.05, 0.1) is 97.6 Å². The van der Waals surface area contributed by atoms with Crippen molar-refractivity contribution in [1.82, 2.24) is 29.9 Å². The van der Waals surface area contributed by atoms with Crippen LogP contribution in [-0.2, 0) is 0 Å². The molecule has 0 aliphatic carbocycles. The van der Waals surface area contributed by atoms with Crippen LogP contribution in [-0.4, -0.2) is 29.9 Å². The van der Waals surface area contributed by atoms with Gasteiger partial charge in [-0.05, 0) is 46.7 Å². The molecule has 89 heavy (non-hydrogen) atoms. The summed E-state index contributed by atoms with van der Waals surface area (Å²) in [5.74, 6) is -10.3. The summed E-state index contributed by atoms with van der Waals surface area (Å²) in [6.07, 6.45) is 0. The molecule has 0 fully saturated rings. The van der Waals surface area contributed by atoms with E-state index in [4.69, 9.17) is 43.0 Å². The molecule has 4 heterocycles. The minimum Gasteiger partial charge on any atom is -0.247 e. The molecule has 14 heteroatoms. The number of para-hydroxylation sites is 2. The van der Waals surface area contributed by atoms with E-state index in [1.807, 2.05) is 170 Å². The number of benzene rings is 11. The molecule has 0 atom stereocenters. The van der Waals surface area contributed by atoms with Crippen molar-refractivity contribution < 1.29 is 22.0 Å². The molecule has 0 amide bonds. The van der Waals surface area contributed by atoms with Crippen molar-refractivity contribution >= 4 is 76.8 Å². The van der Waals surface area contributed by atoms with E-state index < -0.39 is 34.6 Å². The number of hydrogen-bond donors (Lipinski definition) is 0.